The van der Waals surface area contributed by atoms with Gasteiger partial charge in [-0.3, -0.25) is 14.7 Å². The predicted octanol–water partition coefficient (Wildman–Crippen LogP) is 4.45. The number of carbonyl (C=O) groups is 1. The maximum atomic E-state index is 13.8. The number of amides is 1. The van der Waals surface area contributed by atoms with Crippen molar-refractivity contribution in [1.82, 2.24) is 15.2 Å². The lowest BCUT2D eigenvalue weighted by molar-refractivity contribution is -0.127. The fourth-order valence-electron chi connectivity index (χ4n) is 4.35. The van der Waals surface area contributed by atoms with Crippen LogP contribution in [0.2, 0.25) is 0 Å². The van der Waals surface area contributed by atoms with Crippen LogP contribution >= 0.6 is 0 Å². The molecule has 0 radical (unpaired) electrons. The molecule has 1 saturated heterocycles. The third kappa shape index (κ3) is 5.56. The molecule has 2 atom stereocenters. The molecule has 1 N–H and O–H groups in total. The first-order valence-electron chi connectivity index (χ1n) is 10.8. The van der Waals surface area contributed by atoms with Crippen molar-refractivity contribution in [1.29, 1.82) is 0 Å². The normalized spacial score (nSPS) is 19.2. The maximum absolute atomic E-state index is 13.8. The number of aromatic nitrogens is 1. The number of rotatable bonds is 6. The molecule has 2 aromatic carbocycles. The highest BCUT2D eigenvalue weighted by molar-refractivity contribution is 5.79. The van der Waals surface area contributed by atoms with E-state index < -0.39 is 0 Å². The molecular weight excluding hydrogens is 389 g/mol. The van der Waals surface area contributed by atoms with Crippen LogP contribution in [0.1, 0.15) is 34.6 Å². The Morgan fingerprint density at radius 2 is 1.90 bits per heavy atom. The quantitative estimate of drug-likeness (QED) is 0.644. The molecule has 1 fully saturated rings. The third-order valence-corrected chi connectivity index (χ3v) is 5.99. The molecule has 5 heteroatoms. The van der Waals surface area contributed by atoms with E-state index in [1.807, 2.05) is 42.5 Å². The van der Waals surface area contributed by atoms with Crippen molar-refractivity contribution < 1.29 is 9.18 Å². The smallest absolute Gasteiger partial charge is 0.224 e. The SMILES string of the molecule is Cc1cc(C2CC(C(=O)NCc3cccnc3)CN(Cc3ccccc3)C2)ccc1F. The van der Waals surface area contributed by atoms with Gasteiger partial charge in [-0.1, -0.05) is 48.5 Å². The number of nitrogens with one attached hydrogen (secondary N) is 1. The van der Waals surface area contributed by atoms with Gasteiger partial charge in [-0.05, 0) is 53.6 Å². The fraction of sp³-hybridized carbons (Fsp3) is 0.308. The molecule has 0 bridgehead atoms. The first-order chi connectivity index (χ1) is 15.1. The second-order valence-corrected chi connectivity index (χ2v) is 8.40. The van der Waals surface area contributed by atoms with Crippen LogP contribution in [-0.4, -0.2) is 28.9 Å². The molecule has 31 heavy (non-hydrogen) atoms. The lowest BCUT2D eigenvalue weighted by Crippen LogP contribution is -2.45. The van der Waals surface area contributed by atoms with E-state index in [-0.39, 0.29) is 23.6 Å². The summed E-state index contributed by atoms with van der Waals surface area (Å²) in [5.74, 6) is -0.0627. The number of hydrogen-bond donors (Lipinski definition) is 1. The van der Waals surface area contributed by atoms with Gasteiger partial charge in [0.25, 0.3) is 0 Å². The highest BCUT2D eigenvalue weighted by Crippen LogP contribution is 2.32. The molecule has 0 aliphatic carbocycles. The number of pyridine rings is 1. The number of aryl methyl sites for hydroxylation is 1. The highest BCUT2D eigenvalue weighted by atomic mass is 19.1. The summed E-state index contributed by atoms with van der Waals surface area (Å²) in [5, 5.41) is 3.08. The van der Waals surface area contributed by atoms with E-state index in [9.17, 15) is 9.18 Å². The molecule has 0 saturated carbocycles. The van der Waals surface area contributed by atoms with Gasteiger partial charge < -0.3 is 5.32 Å². The van der Waals surface area contributed by atoms with Crippen molar-refractivity contribution in [2.24, 2.45) is 5.92 Å². The third-order valence-electron chi connectivity index (χ3n) is 5.99. The summed E-state index contributed by atoms with van der Waals surface area (Å²) in [6.07, 6.45) is 4.26. The Labute approximate surface area is 183 Å². The number of nitrogens with zero attached hydrogens (tertiary/aromatic N) is 2. The van der Waals surface area contributed by atoms with Gasteiger partial charge in [-0.25, -0.2) is 4.39 Å². The summed E-state index contributed by atoms with van der Waals surface area (Å²) < 4.78 is 13.8. The zero-order valence-corrected chi connectivity index (χ0v) is 17.8. The van der Waals surface area contributed by atoms with Crippen LogP contribution in [0.4, 0.5) is 4.39 Å². The number of halogens is 1. The van der Waals surface area contributed by atoms with Crippen LogP contribution in [0, 0.1) is 18.7 Å². The minimum atomic E-state index is -0.188. The molecule has 4 rings (SSSR count). The summed E-state index contributed by atoms with van der Waals surface area (Å²) in [5.41, 5.74) is 3.96. The van der Waals surface area contributed by atoms with E-state index in [2.05, 4.69) is 27.3 Å². The number of piperidine rings is 1. The van der Waals surface area contributed by atoms with Crippen LogP contribution in [-0.2, 0) is 17.9 Å². The Hall–Kier alpha value is -3.05. The highest BCUT2D eigenvalue weighted by Gasteiger charge is 2.32. The topological polar surface area (TPSA) is 45.2 Å². The molecule has 1 aromatic heterocycles. The van der Waals surface area contributed by atoms with Gasteiger partial charge in [0.2, 0.25) is 5.91 Å². The van der Waals surface area contributed by atoms with Gasteiger partial charge >= 0.3 is 0 Å². The number of likely N-dealkylation sites (tertiary alicyclic amines) is 1. The van der Waals surface area contributed by atoms with E-state index >= 15 is 0 Å². The van der Waals surface area contributed by atoms with Crippen molar-refractivity contribution in [3.05, 3.63) is 101 Å². The van der Waals surface area contributed by atoms with Gasteiger partial charge in [0.15, 0.2) is 0 Å². The Morgan fingerprint density at radius 1 is 1.10 bits per heavy atom. The second-order valence-electron chi connectivity index (χ2n) is 8.40. The van der Waals surface area contributed by atoms with Crippen LogP contribution < -0.4 is 5.32 Å². The monoisotopic (exact) mass is 417 g/mol. The van der Waals surface area contributed by atoms with Gasteiger partial charge in [0.05, 0.1) is 5.92 Å². The first kappa shape index (κ1) is 21.2. The molecule has 1 aliphatic heterocycles. The van der Waals surface area contributed by atoms with Crippen LogP contribution in [0.3, 0.4) is 0 Å². The first-order valence-corrected chi connectivity index (χ1v) is 10.8. The minimum absolute atomic E-state index is 0.0606. The number of benzene rings is 2. The van der Waals surface area contributed by atoms with Crippen molar-refractivity contribution in [3.8, 4) is 0 Å². The largest absolute Gasteiger partial charge is 0.352 e. The Balaban J connectivity index is 1.50. The van der Waals surface area contributed by atoms with E-state index in [1.165, 1.54) is 11.6 Å². The summed E-state index contributed by atoms with van der Waals surface area (Å²) in [6.45, 7) is 4.63. The van der Waals surface area contributed by atoms with Crippen molar-refractivity contribution in [2.45, 2.75) is 32.4 Å². The summed E-state index contributed by atoms with van der Waals surface area (Å²) in [7, 11) is 0. The summed E-state index contributed by atoms with van der Waals surface area (Å²) in [4.78, 5) is 19.5. The molecule has 2 unspecified atom stereocenters. The standard InChI is InChI=1S/C26H28FN3O/c1-19-12-22(9-10-25(19)27)23-13-24(26(31)29-15-21-8-5-11-28-14-21)18-30(17-23)16-20-6-3-2-4-7-20/h2-12,14,23-24H,13,15-18H2,1H3,(H,29,31). The average molecular weight is 418 g/mol. The summed E-state index contributed by atoms with van der Waals surface area (Å²) in [6, 6.07) is 19.5. The van der Waals surface area contributed by atoms with Gasteiger partial charge in [0.1, 0.15) is 5.82 Å². The maximum Gasteiger partial charge on any atom is 0.224 e. The molecule has 2 heterocycles. The summed E-state index contributed by atoms with van der Waals surface area (Å²) >= 11 is 0. The lowest BCUT2D eigenvalue weighted by Gasteiger charge is -2.37. The average Bonchev–Trinajstić information content (AvgIpc) is 2.80. The van der Waals surface area contributed by atoms with Gasteiger partial charge in [-0.15, -0.1) is 0 Å². The van der Waals surface area contributed by atoms with Crippen LogP contribution in [0.5, 0.6) is 0 Å². The minimum Gasteiger partial charge on any atom is -0.352 e. The molecule has 160 valence electrons. The molecule has 1 aliphatic rings. The molecule has 1 amide bonds. The zero-order valence-electron chi connectivity index (χ0n) is 17.8. The molecular formula is C26H28FN3O. The van der Waals surface area contributed by atoms with Crippen LogP contribution in [0.15, 0.2) is 73.1 Å². The predicted molar refractivity (Wildman–Crippen MR) is 120 cm³/mol. The number of carbonyl (C=O) groups excluding carboxylic acids is 1. The van der Waals surface area contributed by atoms with Crippen molar-refractivity contribution >= 4 is 5.91 Å². The zero-order chi connectivity index (χ0) is 21.6. The van der Waals surface area contributed by atoms with E-state index in [0.29, 0.717) is 18.7 Å². The van der Waals surface area contributed by atoms with E-state index in [0.717, 1.165) is 30.6 Å². The Kier molecular flexibility index (Phi) is 6.73. The van der Waals surface area contributed by atoms with Gasteiger partial charge in [0, 0.05) is 38.6 Å². The second kappa shape index (κ2) is 9.84. The molecule has 0 spiro atoms. The van der Waals surface area contributed by atoms with Crippen molar-refractivity contribution in [2.75, 3.05) is 13.1 Å². The lowest BCUT2D eigenvalue weighted by atomic mass is 9.83. The van der Waals surface area contributed by atoms with Crippen molar-refractivity contribution in [3.63, 3.8) is 0 Å². The molecule has 3 aromatic rings. The van der Waals surface area contributed by atoms with Crippen LogP contribution in [0.25, 0.3) is 0 Å². The Morgan fingerprint density at radius 3 is 2.65 bits per heavy atom. The van der Waals surface area contributed by atoms with E-state index in [1.54, 1.807) is 19.3 Å². The van der Waals surface area contributed by atoms with E-state index in [4.69, 9.17) is 0 Å². The van der Waals surface area contributed by atoms with Gasteiger partial charge in [-0.2, -0.15) is 0 Å². The number of hydrogen-bond acceptors (Lipinski definition) is 3. The Bertz CT molecular complexity index is 1010. The molecule has 4 nitrogen and oxygen atoms in total. The fourth-order valence-corrected chi connectivity index (χ4v) is 4.35.